The molecule has 0 saturated carbocycles. The van der Waals surface area contributed by atoms with Crippen LogP contribution in [0.25, 0.3) is 0 Å². The number of aryl methyl sites for hydroxylation is 1. The predicted octanol–water partition coefficient (Wildman–Crippen LogP) is -0.401. The molecular formula is C10H15N3O2. The maximum Gasteiger partial charge on any atom is 0.293 e. The summed E-state index contributed by atoms with van der Waals surface area (Å²) >= 11 is 0. The zero-order valence-corrected chi connectivity index (χ0v) is 8.76. The van der Waals surface area contributed by atoms with Gasteiger partial charge in [0.05, 0.1) is 0 Å². The summed E-state index contributed by atoms with van der Waals surface area (Å²) in [5, 5.41) is 9.02. The van der Waals surface area contributed by atoms with E-state index in [1.807, 2.05) is 4.90 Å². The highest BCUT2D eigenvalue weighted by Gasteiger charge is 2.24. The molecule has 1 aromatic rings. The Morgan fingerprint density at radius 3 is 3.13 bits per heavy atom. The SMILES string of the molecule is Cn1ccnc(N2CCC(CO)C2)c1=O. The molecule has 0 aromatic carbocycles. The lowest BCUT2D eigenvalue weighted by atomic mass is 10.1. The predicted molar refractivity (Wildman–Crippen MR) is 56.9 cm³/mol. The van der Waals surface area contributed by atoms with E-state index >= 15 is 0 Å². The number of nitrogens with zero attached hydrogens (tertiary/aromatic N) is 3. The fraction of sp³-hybridized carbons (Fsp3) is 0.600. The first-order valence-electron chi connectivity index (χ1n) is 5.10. The number of rotatable bonds is 2. The van der Waals surface area contributed by atoms with E-state index in [1.54, 1.807) is 19.4 Å². The first-order valence-corrected chi connectivity index (χ1v) is 5.10. The van der Waals surface area contributed by atoms with Crippen molar-refractivity contribution in [1.29, 1.82) is 0 Å². The Morgan fingerprint density at radius 1 is 1.67 bits per heavy atom. The van der Waals surface area contributed by atoms with Gasteiger partial charge in [-0.15, -0.1) is 0 Å². The second kappa shape index (κ2) is 4.02. The van der Waals surface area contributed by atoms with Crippen molar-refractivity contribution in [3.05, 3.63) is 22.7 Å². The van der Waals surface area contributed by atoms with Crippen molar-refractivity contribution in [2.75, 3.05) is 24.6 Å². The minimum absolute atomic E-state index is 0.0731. The summed E-state index contributed by atoms with van der Waals surface area (Å²) in [5.41, 5.74) is -0.0731. The van der Waals surface area contributed by atoms with E-state index in [1.165, 1.54) is 4.57 Å². The van der Waals surface area contributed by atoms with E-state index in [9.17, 15) is 4.79 Å². The highest BCUT2D eigenvalue weighted by atomic mass is 16.3. The summed E-state index contributed by atoms with van der Waals surface area (Å²) in [6.45, 7) is 1.71. The summed E-state index contributed by atoms with van der Waals surface area (Å²) in [6.07, 6.45) is 4.20. The van der Waals surface area contributed by atoms with Gasteiger partial charge in [-0.05, 0) is 6.42 Å². The summed E-state index contributed by atoms with van der Waals surface area (Å²) in [6, 6.07) is 0. The lowest BCUT2D eigenvalue weighted by Crippen LogP contribution is -2.31. The third kappa shape index (κ3) is 1.87. The number of aliphatic hydroxyl groups is 1. The number of hydrogen-bond donors (Lipinski definition) is 1. The molecule has 1 N–H and O–H groups in total. The number of hydrogen-bond acceptors (Lipinski definition) is 4. The minimum Gasteiger partial charge on any atom is -0.396 e. The molecule has 82 valence electrons. The van der Waals surface area contributed by atoms with Crippen LogP contribution in [0.5, 0.6) is 0 Å². The van der Waals surface area contributed by atoms with Gasteiger partial charge < -0.3 is 14.6 Å². The Labute approximate surface area is 88.0 Å². The second-order valence-corrected chi connectivity index (χ2v) is 3.95. The lowest BCUT2D eigenvalue weighted by molar-refractivity contribution is 0.238. The van der Waals surface area contributed by atoms with Crippen LogP contribution in [0.3, 0.4) is 0 Å². The van der Waals surface area contributed by atoms with Crippen molar-refractivity contribution < 1.29 is 5.11 Å². The Balaban J connectivity index is 2.24. The van der Waals surface area contributed by atoms with Gasteiger partial charge in [-0.1, -0.05) is 0 Å². The highest BCUT2D eigenvalue weighted by Crippen LogP contribution is 2.18. The van der Waals surface area contributed by atoms with Gasteiger partial charge >= 0.3 is 0 Å². The molecule has 2 heterocycles. The number of aromatic nitrogens is 2. The molecule has 0 amide bonds. The molecule has 5 nitrogen and oxygen atoms in total. The summed E-state index contributed by atoms with van der Waals surface area (Å²) in [5.74, 6) is 0.771. The van der Waals surface area contributed by atoms with E-state index < -0.39 is 0 Å². The topological polar surface area (TPSA) is 58.4 Å². The molecule has 1 aliphatic rings. The molecule has 0 radical (unpaired) electrons. The van der Waals surface area contributed by atoms with Crippen LogP contribution in [-0.4, -0.2) is 34.4 Å². The molecule has 1 saturated heterocycles. The summed E-state index contributed by atoms with van der Waals surface area (Å²) in [4.78, 5) is 17.8. The van der Waals surface area contributed by atoms with Crippen LogP contribution < -0.4 is 10.5 Å². The van der Waals surface area contributed by atoms with Gasteiger partial charge in [-0.25, -0.2) is 4.98 Å². The normalized spacial score (nSPS) is 20.9. The van der Waals surface area contributed by atoms with Crippen molar-refractivity contribution in [2.24, 2.45) is 13.0 Å². The van der Waals surface area contributed by atoms with Crippen molar-refractivity contribution in [3.8, 4) is 0 Å². The average Bonchev–Trinajstić information content (AvgIpc) is 2.70. The van der Waals surface area contributed by atoms with Gasteiger partial charge in [0.2, 0.25) is 0 Å². The Morgan fingerprint density at radius 2 is 2.47 bits per heavy atom. The monoisotopic (exact) mass is 209 g/mol. The standard InChI is InChI=1S/C10H15N3O2/c1-12-5-3-11-9(10(12)15)13-4-2-8(6-13)7-14/h3,5,8,14H,2,4,6-7H2,1H3. The van der Waals surface area contributed by atoms with Crippen LogP contribution in [0.4, 0.5) is 5.82 Å². The fourth-order valence-corrected chi connectivity index (χ4v) is 1.88. The maximum atomic E-state index is 11.7. The molecule has 0 bridgehead atoms. The molecule has 1 unspecified atom stereocenters. The first-order chi connectivity index (χ1) is 7.22. The Bertz CT molecular complexity index is 402. The van der Waals surface area contributed by atoms with E-state index in [-0.39, 0.29) is 18.1 Å². The van der Waals surface area contributed by atoms with Crippen LogP contribution in [0.15, 0.2) is 17.2 Å². The summed E-state index contributed by atoms with van der Waals surface area (Å²) in [7, 11) is 1.72. The lowest BCUT2D eigenvalue weighted by Gasteiger charge is -2.16. The average molecular weight is 209 g/mol. The third-order valence-electron chi connectivity index (χ3n) is 2.84. The van der Waals surface area contributed by atoms with Crippen LogP contribution in [0.1, 0.15) is 6.42 Å². The van der Waals surface area contributed by atoms with Gasteiger partial charge in [0.15, 0.2) is 5.82 Å². The van der Waals surface area contributed by atoms with E-state index in [0.29, 0.717) is 5.82 Å². The number of aliphatic hydroxyl groups excluding tert-OH is 1. The zero-order valence-electron chi connectivity index (χ0n) is 8.76. The smallest absolute Gasteiger partial charge is 0.293 e. The third-order valence-corrected chi connectivity index (χ3v) is 2.84. The van der Waals surface area contributed by atoms with E-state index in [2.05, 4.69) is 4.98 Å². The Hall–Kier alpha value is -1.36. The van der Waals surface area contributed by atoms with Gasteiger partial charge in [-0.3, -0.25) is 4.79 Å². The molecule has 0 spiro atoms. The molecule has 1 aliphatic heterocycles. The van der Waals surface area contributed by atoms with Crippen LogP contribution >= 0.6 is 0 Å². The first kappa shape index (κ1) is 10.2. The quantitative estimate of drug-likeness (QED) is 0.720. The zero-order chi connectivity index (χ0) is 10.8. The van der Waals surface area contributed by atoms with Crippen molar-refractivity contribution >= 4 is 5.82 Å². The molecule has 15 heavy (non-hydrogen) atoms. The molecular weight excluding hydrogens is 194 g/mol. The van der Waals surface area contributed by atoms with E-state index in [0.717, 1.165) is 19.5 Å². The second-order valence-electron chi connectivity index (χ2n) is 3.95. The summed E-state index contributed by atoms with van der Waals surface area (Å²) < 4.78 is 1.52. The molecule has 1 aromatic heterocycles. The minimum atomic E-state index is -0.0731. The van der Waals surface area contributed by atoms with Crippen LogP contribution in [-0.2, 0) is 7.05 Å². The van der Waals surface area contributed by atoms with E-state index in [4.69, 9.17) is 5.11 Å². The van der Waals surface area contributed by atoms with Crippen LogP contribution in [0, 0.1) is 5.92 Å². The Kier molecular flexibility index (Phi) is 2.73. The molecule has 5 heteroatoms. The fourth-order valence-electron chi connectivity index (χ4n) is 1.88. The molecule has 2 rings (SSSR count). The molecule has 0 aliphatic carbocycles. The van der Waals surface area contributed by atoms with Crippen molar-refractivity contribution in [1.82, 2.24) is 9.55 Å². The van der Waals surface area contributed by atoms with Crippen molar-refractivity contribution in [2.45, 2.75) is 6.42 Å². The number of anilines is 1. The van der Waals surface area contributed by atoms with Crippen molar-refractivity contribution in [3.63, 3.8) is 0 Å². The largest absolute Gasteiger partial charge is 0.396 e. The maximum absolute atomic E-state index is 11.7. The van der Waals surface area contributed by atoms with Gasteiger partial charge in [0, 0.05) is 45.1 Å². The van der Waals surface area contributed by atoms with Gasteiger partial charge in [0.1, 0.15) is 0 Å². The molecule has 1 fully saturated rings. The highest BCUT2D eigenvalue weighted by molar-refractivity contribution is 5.36. The van der Waals surface area contributed by atoms with Gasteiger partial charge in [-0.2, -0.15) is 0 Å². The van der Waals surface area contributed by atoms with Crippen LogP contribution in [0.2, 0.25) is 0 Å². The molecule has 1 atom stereocenters. The van der Waals surface area contributed by atoms with Gasteiger partial charge in [0.25, 0.3) is 5.56 Å².